The van der Waals surface area contributed by atoms with Gasteiger partial charge in [-0.2, -0.15) is 0 Å². The summed E-state index contributed by atoms with van der Waals surface area (Å²) in [7, 11) is 0. The third-order valence-corrected chi connectivity index (χ3v) is 3.44. The molecule has 0 rings (SSSR count). The zero-order chi connectivity index (χ0) is 16.1. The molecule has 2 heteroatoms. The van der Waals surface area contributed by atoms with Gasteiger partial charge in [0.15, 0.2) is 0 Å². The Hall–Kier alpha value is -0.750. The van der Waals surface area contributed by atoms with Crippen molar-refractivity contribution in [2.75, 3.05) is 19.1 Å². The molecule has 0 aliphatic heterocycles. The van der Waals surface area contributed by atoms with Crippen molar-refractivity contribution in [3.05, 3.63) is 42.2 Å². The van der Waals surface area contributed by atoms with Crippen LogP contribution in [-0.4, -0.2) is 19.1 Å². The van der Waals surface area contributed by atoms with E-state index in [1.54, 1.807) is 0 Å². The lowest BCUT2D eigenvalue weighted by molar-refractivity contribution is 0.167. The Bertz CT molecular complexity index is 325. The average molecular weight is 325 g/mol. The maximum Gasteiger partial charge on any atom is 0.0647 e. The van der Waals surface area contributed by atoms with Gasteiger partial charge in [0, 0.05) is 5.88 Å². The molecule has 0 spiro atoms. The summed E-state index contributed by atoms with van der Waals surface area (Å²) in [4.78, 5) is 0. The molecule has 126 valence electrons. The van der Waals surface area contributed by atoms with Crippen molar-refractivity contribution in [3.63, 3.8) is 0 Å². The number of rotatable bonds is 15. The van der Waals surface area contributed by atoms with Gasteiger partial charge in [-0.25, -0.2) is 0 Å². The lowest BCUT2D eigenvalue weighted by atomic mass is 10.1. The van der Waals surface area contributed by atoms with E-state index >= 15 is 0 Å². The lowest BCUT2D eigenvalue weighted by Crippen LogP contribution is -1.91. The normalized spacial score (nSPS) is 11.2. The molecular formula is C20H33ClO. The third kappa shape index (κ3) is 19.2. The highest BCUT2D eigenvalue weighted by Gasteiger charge is 1.84. The van der Waals surface area contributed by atoms with Gasteiger partial charge in [0.25, 0.3) is 0 Å². The molecule has 0 aromatic carbocycles. The van der Waals surface area contributed by atoms with Gasteiger partial charge in [-0.3, -0.25) is 0 Å². The van der Waals surface area contributed by atoms with Crippen LogP contribution in [0.5, 0.6) is 0 Å². The van der Waals surface area contributed by atoms with E-state index in [1.807, 2.05) is 12.2 Å². The van der Waals surface area contributed by atoms with E-state index in [0.717, 1.165) is 38.2 Å². The minimum absolute atomic E-state index is 0.703. The van der Waals surface area contributed by atoms with E-state index in [-0.39, 0.29) is 0 Å². The molecule has 0 N–H and O–H groups in total. The first-order chi connectivity index (χ1) is 10.9. The summed E-state index contributed by atoms with van der Waals surface area (Å²) in [5.41, 5.74) is 3.15. The maximum atomic E-state index is 5.59. The zero-order valence-electron chi connectivity index (χ0n) is 14.2. The van der Waals surface area contributed by atoms with Crippen molar-refractivity contribution >= 4 is 11.6 Å². The first-order valence-corrected chi connectivity index (χ1v) is 9.28. The number of hydrogen-bond donors (Lipinski definition) is 0. The van der Waals surface area contributed by atoms with E-state index in [9.17, 15) is 0 Å². The molecule has 0 amide bonds. The minimum atomic E-state index is 0.703. The maximum absolute atomic E-state index is 5.59. The van der Waals surface area contributed by atoms with Gasteiger partial charge in [-0.05, 0) is 50.7 Å². The fourth-order valence-electron chi connectivity index (χ4n) is 1.87. The van der Waals surface area contributed by atoms with Crippen LogP contribution in [0.15, 0.2) is 42.2 Å². The monoisotopic (exact) mass is 324 g/mol. The molecule has 0 radical (unpaired) electrons. The summed E-state index contributed by atoms with van der Waals surface area (Å²) < 4.78 is 5.52. The van der Waals surface area contributed by atoms with Crippen LogP contribution < -0.4 is 0 Å². The van der Waals surface area contributed by atoms with Crippen LogP contribution in [0.3, 0.4) is 0 Å². The van der Waals surface area contributed by atoms with Gasteiger partial charge in [-0.15, -0.1) is 17.3 Å². The number of hydrogen-bond acceptors (Lipinski definition) is 1. The second-order valence-electron chi connectivity index (χ2n) is 5.30. The molecule has 0 aromatic heterocycles. The molecule has 1 nitrogen and oxygen atoms in total. The molecule has 0 saturated heterocycles. The molecular weight excluding hydrogens is 292 g/mol. The molecule has 22 heavy (non-hydrogen) atoms. The van der Waals surface area contributed by atoms with Gasteiger partial charge >= 0.3 is 0 Å². The molecule has 0 saturated carbocycles. The fraction of sp³-hybridized carbons (Fsp3) is 0.650. The smallest absolute Gasteiger partial charge is 0.0647 e. The number of halogens is 1. The standard InChI is InChI=1S/C20H33ClO/c1-2-3-4-5-6-7-8-10-13-16-19-22-20-17-14-11-9-12-15-18-21/h7-9,13-14,16H,2-6,10,12,15,17-20H2,1H3/b8-7-,16-13-. The second kappa shape index (κ2) is 20.2. The van der Waals surface area contributed by atoms with Crippen LogP contribution in [0.4, 0.5) is 0 Å². The van der Waals surface area contributed by atoms with Crippen molar-refractivity contribution in [1.29, 1.82) is 0 Å². The number of alkyl halides is 1. The summed E-state index contributed by atoms with van der Waals surface area (Å²) in [5.74, 6) is 0.724. The average Bonchev–Trinajstić information content (AvgIpc) is 2.54. The molecule has 0 aliphatic rings. The minimum Gasteiger partial charge on any atom is -0.377 e. The fourth-order valence-corrected chi connectivity index (χ4v) is 2.02. The Balaban J connectivity index is 3.30. The predicted octanol–water partition coefficient (Wildman–Crippen LogP) is 6.60. The Labute approximate surface area is 142 Å². The van der Waals surface area contributed by atoms with Crippen LogP contribution in [0.25, 0.3) is 0 Å². The van der Waals surface area contributed by atoms with E-state index in [2.05, 4.69) is 37.0 Å². The van der Waals surface area contributed by atoms with Crippen molar-refractivity contribution in [2.24, 2.45) is 0 Å². The van der Waals surface area contributed by atoms with Gasteiger partial charge in [-0.1, -0.05) is 50.5 Å². The predicted molar refractivity (Wildman–Crippen MR) is 99.7 cm³/mol. The molecule has 0 aromatic rings. The van der Waals surface area contributed by atoms with Gasteiger partial charge in [0.05, 0.1) is 13.2 Å². The van der Waals surface area contributed by atoms with Crippen molar-refractivity contribution in [3.8, 4) is 0 Å². The van der Waals surface area contributed by atoms with E-state index < -0.39 is 0 Å². The highest BCUT2D eigenvalue weighted by Crippen LogP contribution is 2.03. The van der Waals surface area contributed by atoms with Crippen LogP contribution in [0.2, 0.25) is 0 Å². The Morgan fingerprint density at radius 1 is 0.864 bits per heavy atom. The topological polar surface area (TPSA) is 9.23 Å². The van der Waals surface area contributed by atoms with Crippen LogP contribution in [-0.2, 0) is 4.74 Å². The van der Waals surface area contributed by atoms with Gasteiger partial charge in [0.2, 0.25) is 0 Å². The lowest BCUT2D eigenvalue weighted by Gasteiger charge is -1.96. The molecule has 0 atom stereocenters. The van der Waals surface area contributed by atoms with Crippen molar-refractivity contribution in [1.82, 2.24) is 0 Å². The molecule has 0 bridgehead atoms. The molecule has 0 unspecified atom stereocenters. The summed E-state index contributed by atoms with van der Waals surface area (Å²) >= 11 is 5.59. The van der Waals surface area contributed by atoms with Crippen molar-refractivity contribution in [2.45, 2.75) is 64.7 Å². The molecule has 0 fully saturated rings. The number of ether oxygens (including phenoxy) is 1. The number of unbranched alkanes of at least 4 members (excludes halogenated alkanes) is 5. The first-order valence-electron chi connectivity index (χ1n) is 8.75. The third-order valence-electron chi connectivity index (χ3n) is 3.17. The molecule has 0 heterocycles. The highest BCUT2D eigenvalue weighted by atomic mass is 35.5. The van der Waals surface area contributed by atoms with Crippen LogP contribution in [0, 0.1) is 0 Å². The number of allylic oxidation sites excluding steroid dienone is 3. The Kier molecular flexibility index (Phi) is 19.6. The summed E-state index contributed by atoms with van der Waals surface area (Å²) in [6.45, 7) is 3.71. The largest absolute Gasteiger partial charge is 0.377 e. The van der Waals surface area contributed by atoms with Crippen LogP contribution >= 0.6 is 11.6 Å². The van der Waals surface area contributed by atoms with Crippen LogP contribution in [0.1, 0.15) is 64.7 Å². The van der Waals surface area contributed by atoms with E-state index in [0.29, 0.717) is 6.61 Å². The first kappa shape index (κ1) is 21.2. The second-order valence-corrected chi connectivity index (χ2v) is 5.68. The Morgan fingerprint density at radius 3 is 2.50 bits per heavy atom. The SMILES string of the molecule is CCCCCC/C=C\C/C=C\COCCC=C=CCCCCl. The van der Waals surface area contributed by atoms with E-state index in [4.69, 9.17) is 16.3 Å². The summed E-state index contributed by atoms with van der Waals surface area (Å²) in [5, 5.41) is 0. The Morgan fingerprint density at radius 2 is 1.68 bits per heavy atom. The van der Waals surface area contributed by atoms with Gasteiger partial charge < -0.3 is 4.74 Å². The zero-order valence-corrected chi connectivity index (χ0v) is 15.0. The highest BCUT2D eigenvalue weighted by molar-refractivity contribution is 6.17. The molecule has 0 aliphatic carbocycles. The van der Waals surface area contributed by atoms with Gasteiger partial charge in [0.1, 0.15) is 0 Å². The summed E-state index contributed by atoms with van der Waals surface area (Å²) in [6.07, 6.45) is 23.4. The van der Waals surface area contributed by atoms with E-state index in [1.165, 1.54) is 32.1 Å². The summed E-state index contributed by atoms with van der Waals surface area (Å²) in [6, 6.07) is 0. The quantitative estimate of drug-likeness (QED) is 0.143. The van der Waals surface area contributed by atoms with Crippen molar-refractivity contribution < 1.29 is 4.74 Å².